The summed E-state index contributed by atoms with van der Waals surface area (Å²) >= 11 is 4.83. The maximum atomic E-state index is 14.1. The second-order valence-electron chi connectivity index (χ2n) is 4.59. The van der Waals surface area contributed by atoms with Gasteiger partial charge in [-0.3, -0.25) is 0 Å². The molecule has 3 rings (SSSR count). The van der Waals surface area contributed by atoms with Gasteiger partial charge in [-0.05, 0) is 29.7 Å². The first-order valence-corrected chi connectivity index (χ1v) is 6.81. The quantitative estimate of drug-likeness (QED) is 0.727. The normalized spacial score (nSPS) is 10.5. The van der Waals surface area contributed by atoms with Crippen LogP contribution in [0.3, 0.4) is 0 Å². The molecule has 0 fully saturated rings. The maximum absolute atomic E-state index is 14.1. The molecule has 0 radical (unpaired) electrons. The first kappa shape index (κ1) is 13.5. The number of ether oxygens (including phenoxy) is 1. The summed E-state index contributed by atoms with van der Waals surface area (Å²) in [7, 11) is 0. The average Bonchev–Trinajstić information content (AvgIpc) is 2.49. The van der Waals surface area contributed by atoms with E-state index in [-0.39, 0.29) is 10.7 Å². The van der Waals surface area contributed by atoms with E-state index < -0.39 is 5.82 Å². The van der Waals surface area contributed by atoms with Crippen molar-refractivity contribution < 1.29 is 9.13 Å². The molecule has 0 saturated carbocycles. The van der Waals surface area contributed by atoms with E-state index in [4.69, 9.17) is 22.7 Å². The van der Waals surface area contributed by atoms with Crippen LogP contribution in [0.25, 0.3) is 10.8 Å². The Morgan fingerprint density at radius 3 is 2.48 bits per heavy atom. The lowest BCUT2D eigenvalue weighted by Crippen LogP contribution is -2.09. The van der Waals surface area contributed by atoms with Crippen LogP contribution in [-0.2, 0) is 0 Å². The summed E-state index contributed by atoms with van der Waals surface area (Å²) in [6, 6.07) is 17.9. The fraction of sp³-hybridized carbons (Fsp3) is 0. The summed E-state index contributed by atoms with van der Waals surface area (Å²) in [4.78, 5) is 0.158. The number of hydrogen-bond donors (Lipinski definition) is 1. The van der Waals surface area contributed by atoms with Gasteiger partial charge in [-0.25, -0.2) is 4.39 Å². The molecule has 0 saturated heterocycles. The highest BCUT2D eigenvalue weighted by Gasteiger charge is 2.09. The molecule has 0 spiro atoms. The van der Waals surface area contributed by atoms with Crippen LogP contribution in [-0.4, -0.2) is 4.99 Å². The SMILES string of the molecule is NC(=S)c1ccc(Oc2cccc3ccccc23)c(F)c1. The molecule has 0 unspecified atom stereocenters. The lowest BCUT2D eigenvalue weighted by Gasteiger charge is -2.10. The molecule has 4 heteroatoms. The lowest BCUT2D eigenvalue weighted by molar-refractivity contribution is 0.446. The molecule has 3 aromatic carbocycles. The number of hydrogen-bond acceptors (Lipinski definition) is 2. The van der Waals surface area contributed by atoms with Gasteiger partial charge in [0, 0.05) is 10.9 Å². The second kappa shape index (κ2) is 5.50. The molecule has 2 N–H and O–H groups in total. The molecular weight excluding hydrogens is 285 g/mol. The van der Waals surface area contributed by atoms with Gasteiger partial charge in [0.05, 0.1) is 0 Å². The minimum absolute atomic E-state index is 0.145. The van der Waals surface area contributed by atoms with Crippen LogP contribution in [0, 0.1) is 5.82 Å². The van der Waals surface area contributed by atoms with E-state index in [9.17, 15) is 4.39 Å². The Kier molecular flexibility index (Phi) is 3.54. The molecule has 3 aromatic rings. The van der Waals surface area contributed by atoms with Crippen molar-refractivity contribution in [2.45, 2.75) is 0 Å². The predicted molar refractivity (Wildman–Crippen MR) is 86.3 cm³/mol. The van der Waals surface area contributed by atoms with E-state index in [1.165, 1.54) is 12.1 Å². The van der Waals surface area contributed by atoms with Crippen molar-refractivity contribution >= 4 is 28.0 Å². The summed E-state index contributed by atoms with van der Waals surface area (Å²) in [6.45, 7) is 0. The molecule has 0 amide bonds. The van der Waals surface area contributed by atoms with Crippen molar-refractivity contribution in [2.24, 2.45) is 5.73 Å². The van der Waals surface area contributed by atoms with Gasteiger partial charge in [0.2, 0.25) is 0 Å². The van der Waals surface area contributed by atoms with Crippen LogP contribution in [0.1, 0.15) is 5.56 Å². The molecule has 21 heavy (non-hydrogen) atoms. The Labute approximate surface area is 127 Å². The lowest BCUT2D eigenvalue weighted by atomic mass is 10.1. The van der Waals surface area contributed by atoms with Crippen molar-refractivity contribution in [3.8, 4) is 11.5 Å². The van der Waals surface area contributed by atoms with E-state index >= 15 is 0 Å². The highest BCUT2D eigenvalue weighted by atomic mass is 32.1. The third kappa shape index (κ3) is 2.71. The van der Waals surface area contributed by atoms with Gasteiger partial charge in [-0.2, -0.15) is 0 Å². The van der Waals surface area contributed by atoms with Gasteiger partial charge < -0.3 is 10.5 Å². The van der Waals surface area contributed by atoms with Crippen LogP contribution in [0.15, 0.2) is 60.7 Å². The minimum Gasteiger partial charge on any atom is -0.454 e. The number of rotatable bonds is 3. The average molecular weight is 297 g/mol. The topological polar surface area (TPSA) is 35.2 Å². The van der Waals surface area contributed by atoms with Gasteiger partial charge in [0.15, 0.2) is 11.6 Å². The van der Waals surface area contributed by atoms with Gasteiger partial charge >= 0.3 is 0 Å². The summed E-state index contributed by atoms with van der Waals surface area (Å²) in [5.74, 6) is 0.259. The summed E-state index contributed by atoms with van der Waals surface area (Å²) in [5.41, 5.74) is 5.96. The van der Waals surface area contributed by atoms with Crippen LogP contribution in [0.4, 0.5) is 4.39 Å². The zero-order chi connectivity index (χ0) is 14.8. The van der Waals surface area contributed by atoms with Crippen molar-refractivity contribution in [2.75, 3.05) is 0 Å². The zero-order valence-electron chi connectivity index (χ0n) is 11.0. The number of nitrogens with two attached hydrogens (primary N) is 1. The van der Waals surface area contributed by atoms with Crippen LogP contribution < -0.4 is 10.5 Å². The molecule has 0 bridgehead atoms. The molecule has 104 valence electrons. The molecule has 0 aliphatic carbocycles. The minimum atomic E-state index is -0.492. The van der Waals surface area contributed by atoms with Crippen molar-refractivity contribution in [3.05, 3.63) is 72.0 Å². The Balaban J connectivity index is 2.01. The Morgan fingerprint density at radius 2 is 1.71 bits per heavy atom. The number of benzene rings is 3. The van der Waals surface area contributed by atoms with Crippen LogP contribution >= 0.6 is 12.2 Å². The molecule has 0 aromatic heterocycles. The van der Waals surface area contributed by atoms with Crippen molar-refractivity contribution in [1.29, 1.82) is 0 Å². The Hall–Kier alpha value is -2.46. The molecular formula is C17H12FNOS. The highest BCUT2D eigenvalue weighted by Crippen LogP contribution is 2.31. The second-order valence-corrected chi connectivity index (χ2v) is 5.03. The Morgan fingerprint density at radius 1 is 0.952 bits per heavy atom. The fourth-order valence-electron chi connectivity index (χ4n) is 2.14. The Bertz CT molecular complexity index is 827. The number of fused-ring (bicyclic) bond motifs is 1. The molecule has 2 nitrogen and oxygen atoms in total. The van der Waals surface area contributed by atoms with Gasteiger partial charge in [-0.1, -0.05) is 48.6 Å². The van der Waals surface area contributed by atoms with E-state index in [2.05, 4.69) is 0 Å². The van der Waals surface area contributed by atoms with Crippen molar-refractivity contribution in [1.82, 2.24) is 0 Å². The van der Waals surface area contributed by atoms with Gasteiger partial charge in [-0.15, -0.1) is 0 Å². The van der Waals surface area contributed by atoms with Gasteiger partial charge in [0.25, 0.3) is 0 Å². The van der Waals surface area contributed by atoms with Crippen molar-refractivity contribution in [3.63, 3.8) is 0 Å². The highest BCUT2D eigenvalue weighted by molar-refractivity contribution is 7.80. The van der Waals surface area contributed by atoms with E-state index in [1.54, 1.807) is 6.07 Å². The largest absolute Gasteiger partial charge is 0.454 e. The first-order valence-electron chi connectivity index (χ1n) is 6.40. The number of halogens is 1. The zero-order valence-corrected chi connectivity index (χ0v) is 11.9. The third-order valence-electron chi connectivity index (χ3n) is 3.19. The molecule has 0 heterocycles. The van der Waals surface area contributed by atoms with Crippen LogP contribution in [0.5, 0.6) is 11.5 Å². The summed E-state index contributed by atoms with van der Waals surface area (Å²) in [5, 5.41) is 1.97. The van der Waals surface area contributed by atoms with E-state index in [0.29, 0.717) is 11.3 Å². The van der Waals surface area contributed by atoms with Gasteiger partial charge in [0.1, 0.15) is 10.7 Å². The molecule has 0 atom stereocenters. The predicted octanol–water partition coefficient (Wildman–Crippen LogP) is 4.41. The molecule has 0 aliphatic rings. The standard InChI is InChI=1S/C17H12FNOS/c18-14-10-12(17(19)21)8-9-16(14)20-15-7-3-5-11-4-1-2-6-13(11)15/h1-10H,(H2,19,21). The van der Waals surface area contributed by atoms with E-state index in [0.717, 1.165) is 10.8 Å². The molecule has 0 aliphatic heterocycles. The summed E-state index contributed by atoms with van der Waals surface area (Å²) < 4.78 is 19.8. The summed E-state index contributed by atoms with van der Waals surface area (Å²) in [6.07, 6.45) is 0. The van der Waals surface area contributed by atoms with E-state index in [1.807, 2.05) is 42.5 Å². The number of thiocarbonyl (C=S) groups is 1. The van der Waals surface area contributed by atoms with Crippen LogP contribution in [0.2, 0.25) is 0 Å². The fourth-order valence-corrected chi connectivity index (χ4v) is 2.27. The monoisotopic (exact) mass is 297 g/mol. The first-order chi connectivity index (χ1) is 10.1. The smallest absolute Gasteiger partial charge is 0.166 e. The third-order valence-corrected chi connectivity index (χ3v) is 3.42. The maximum Gasteiger partial charge on any atom is 0.166 e.